The lowest BCUT2D eigenvalue weighted by atomic mass is 9.87. The molecule has 1 aromatic rings. The van der Waals surface area contributed by atoms with Crippen LogP contribution in [0.5, 0.6) is 0 Å². The fraction of sp³-hybridized carbons (Fsp3) is 0.600. The van der Waals surface area contributed by atoms with Crippen molar-refractivity contribution in [1.82, 2.24) is 5.32 Å². The highest BCUT2D eigenvalue weighted by atomic mass is 19.2. The minimum absolute atomic E-state index is 0.319. The van der Waals surface area contributed by atoms with Gasteiger partial charge in [-0.3, -0.25) is 0 Å². The Morgan fingerprint density at radius 2 is 1.95 bits per heavy atom. The normalized spacial score (nSPS) is 16.1. The number of rotatable bonds is 7. The Bertz CT molecular complexity index is 411. The molecule has 0 saturated carbocycles. The van der Waals surface area contributed by atoms with Gasteiger partial charge < -0.3 is 10.1 Å². The summed E-state index contributed by atoms with van der Waals surface area (Å²) in [6.45, 7) is 8.93. The van der Waals surface area contributed by atoms with Crippen molar-refractivity contribution < 1.29 is 13.5 Å². The molecule has 0 aromatic heterocycles. The van der Waals surface area contributed by atoms with E-state index in [1.54, 1.807) is 6.07 Å². The standard InChI is InChI=1S/C15H23F2NO/c1-5-15(4,19-7-3)14(18-6-2)11-9-8-10-12(16)13(11)17/h8-10,14,18H,5-7H2,1-4H3. The molecule has 0 amide bonds. The molecule has 0 aliphatic rings. The van der Waals surface area contributed by atoms with Gasteiger partial charge in [-0.25, -0.2) is 8.78 Å². The van der Waals surface area contributed by atoms with Crippen LogP contribution in [0.25, 0.3) is 0 Å². The van der Waals surface area contributed by atoms with Gasteiger partial charge in [0.2, 0.25) is 0 Å². The Hall–Kier alpha value is -1.00. The molecule has 0 aliphatic carbocycles. The van der Waals surface area contributed by atoms with Gasteiger partial charge in [-0.1, -0.05) is 26.0 Å². The van der Waals surface area contributed by atoms with Gasteiger partial charge >= 0.3 is 0 Å². The maximum atomic E-state index is 14.0. The molecule has 0 heterocycles. The van der Waals surface area contributed by atoms with Crippen LogP contribution in [0, 0.1) is 11.6 Å². The van der Waals surface area contributed by atoms with Crippen molar-refractivity contribution in [2.75, 3.05) is 13.2 Å². The van der Waals surface area contributed by atoms with E-state index in [4.69, 9.17) is 4.74 Å². The summed E-state index contributed by atoms with van der Waals surface area (Å²) in [5.74, 6) is -1.62. The van der Waals surface area contributed by atoms with E-state index in [0.29, 0.717) is 25.1 Å². The summed E-state index contributed by atoms with van der Waals surface area (Å²) in [5.41, 5.74) is -0.251. The second-order valence-electron chi connectivity index (χ2n) is 4.73. The molecule has 0 bridgehead atoms. The molecule has 1 N–H and O–H groups in total. The van der Waals surface area contributed by atoms with Gasteiger partial charge in [-0.15, -0.1) is 0 Å². The molecular formula is C15H23F2NO. The zero-order chi connectivity index (χ0) is 14.5. The van der Waals surface area contributed by atoms with E-state index in [2.05, 4.69) is 5.32 Å². The van der Waals surface area contributed by atoms with Crippen molar-refractivity contribution in [3.05, 3.63) is 35.4 Å². The van der Waals surface area contributed by atoms with E-state index < -0.39 is 17.2 Å². The van der Waals surface area contributed by atoms with Gasteiger partial charge in [0, 0.05) is 12.2 Å². The Kier molecular flexibility index (Phi) is 5.88. The van der Waals surface area contributed by atoms with Crippen LogP contribution in [0.1, 0.15) is 45.7 Å². The molecule has 2 nitrogen and oxygen atoms in total. The zero-order valence-corrected chi connectivity index (χ0v) is 12.1. The lowest BCUT2D eigenvalue weighted by molar-refractivity contribution is -0.0568. The SMILES string of the molecule is CCNC(c1cccc(F)c1F)C(C)(CC)OCC. The number of hydrogen-bond acceptors (Lipinski definition) is 2. The molecule has 0 aliphatic heterocycles. The van der Waals surface area contributed by atoms with Crippen molar-refractivity contribution >= 4 is 0 Å². The van der Waals surface area contributed by atoms with Gasteiger partial charge in [0.15, 0.2) is 11.6 Å². The van der Waals surface area contributed by atoms with Gasteiger partial charge in [0.25, 0.3) is 0 Å². The smallest absolute Gasteiger partial charge is 0.163 e. The summed E-state index contributed by atoms with van der Waals surface area (Å²) < 4.78 is 33.2. The third-order valence-corrected chi connectivity index (χ3v) is 3.49. The topological polar surface area (TPSA) is 21.3 Å². The van der Waals surface area contributed by atoms with E-state index in [0.717, 1.165) is 6.07 Å². The first-order valence-corrected chi connectivity index (χ1v) is 6.81. The summed E-state index contributed by atoms with van der Waals surface area (Å²) >= 11 is 0. The summed E-state index contributed by atoms with van der Waals surface area (Å²) in [4.78, 5) is 0. The molecule has 0 spiro atoms. The van der Waals surface area contributed by atoms with E-state index in [9.17, 15) is 8.78 Å². The molecular weight excluding hydrogens is 248 g/mol. The Morgan fingerprint density at radius 3 is 2.47 bits per heavy atom. The third kappa shape index (κ3) is 3.51. The highest BCUT2D eigenvalue weighted by Gasteiger charge is 2.36. The van der Waals surface area contributed by atoms with Gasteiger partial charge in [0.05, 0.1) is 11.6 Å². The van der Waals surface area contributed by atoms with E-state index in [-0.39, 0.29) is 6.04 Å². The molecule has 19 heavy (non-hydrogen) atoms. The van der Waals surface area contributed by atoms with Crippen LogP contribution < -0.4 is 5.32 Å². The van der Waals surface area contributed by atoms with Crippen LogP contribution in [-0.4, -0.2) is 18.8 Å². The fourth-order valence-corrected chi connectivity index (χ4v) is 2.32. The number of nitrogens with one attached hydrogen (secondary N) is 1. The van der Waals surface area contributed by atoms with Gasteiger partial charge in [0.1, 0.15) is 0 Å². The minimum atomic E-state index is -0.824. The zero-order valence-electron chi connectivity index (χ0n) is 12.1. The molecule has 2 atom stereocenters. The molecule has 2 unspecified atom stereocenters. The molecule has 0 fully saturated rings. The van der Waals surface area contributed by atoms with Crippen molar-refractivity contribution in [3.8, 4) is 0 Å². The Morgan fingerprint density at radius 1 is 1.26 bits per heavy atom. The summed E-state index contributed by atoms with van der Waals surface area (Å²) in [6.07, 6.45) is 0.703. The van der Waals surface area contributed by atoms with Crippen LogP contribution in [0.15, 0.2) is 18.2 Å². The maximum Gasteiger partial charge on any atom is 0.163 e. The third-order valence-electron chi connectivity index (χ3n) is 3.49. The summed E-state index contributed by atoms with van der Waals surface area (Å²) in [7, 11) is 0. The highest BCUT2D eigenvalue weighted by molar-refractivity contribution is 5.25. The average molecular weight is 271 g/mol. The largest absolute Gasteiger partial charge is 0.374 e. The molecule has 0 radical (unpaired) electrons. The monoisotopic (exact) mass is 271 g/mol. The van der Waals surface area contributed by atoms with Crippen LogP contribution in [0.4, 0.5) is 8.78 Å². The summed E-state index contributed by atoms with van der Waals surface area (Å²) in [6, 6.07) is 3.89. The number of halogens is 2. The first-order valence-electron chi connectivity index (χ1n) is 6.81. The Balaban J connectivity index is 3.22. The van der Waals surface area contributed by atoms with E-state index in [1.165, 1.54) is 6.07 Å². The predicted octanol–water partition coefficient (Wildman–Crippen LogP) is 3.82. The summed E-state index contributed by atoms with van der Waals surface area (Å²) in [5, 5.41) is 3.21. The quantitative estimate of drug-likeness (QED) is 0.814. The Labute approximate surface area is 114 Å². The van der Waals surface area contributed by atoms with E-state index in [1.807, 2.05) is 27.7 Å². The number of benzene rings is 1. The second kappa shape index (κ2) is 6.96. The fourth-order valence-electron chi connectivity index (χ4n) is 2.32. The van der Waals surface area contributed by atoms with Crippen LogP contribution in [0.3, 0.4) is 0 Å². The van der Waals surface area contributed by atoms with Crippen molar-refractivity contribution in [1.29, 1.82) is 0 Å². The second-order valence-corrected chi connectivity index (χ2v) is 4.73. The van der Waals surface area contributed by atoms with Gasteiger partial charge in [-0.2, -0.15) is 0 Å². The first kappa shape index (κ1) is 16.1. The first-order chi connectivity index (χ1) is 9.00. The van der Waals surface area contributed by atoms with Crippen molar-refractivity contribution in [2.45, 2.75) is 45.8 Å². The van der Waals surface area contributed by atoms with Crippen molar-refractivity contribution in [2.24, 2.45) is 0 Å². The minimum Gasteiger partial charge on any atom is -0.374 e. The van der Waals surface area contributed by atoms with Gasteiger partial charge in [-0.05, 0) is 32.9 Å². The van der Waals surface area contributed by atoms with Crippen LogP contribution in [0.2, 0.25) is 0 Å². The molecule has 1 aromatic carbocycles. The lowest BCUT2D eigenvalue weighted by Crippen LogP contribution is -2.44. The van der Waals surface area contributed by atoms with Crippen molar-refractivity contribution in [3.63, 3.8) is 0 Å². The average Bonchev–Trinajstić information content (AvgIpc) is 2.40. The molecule has 108 valence electrons. The van der Waals surface area contributed by atoms with Crippen LogP contribution in [-0.2, 0) is 4.74 Å². The van der Waals surface area contributed by atoms with Crippen LogP contribution >= 0.6 is 0 Å². The molecule has 4 heteroatoms. The number of ether oxygens (including phenoxy) is 1. The van der Waals surface area contributed by atoms with E-state index >= 15 is 0 Å². The lowest BCUT2D eigenvalue weighted by Gasteiger charge is -2.37. The number of hydrogen-bond donors (Lipinski definition) is 1. The predicted molar refractivity (Wildman–Crippen MR) is 73.1 cm³/mol. The molecule has 0 saturated heterocycles. The highest BCUT2D eigenvalue weighted by Crippen LogP contribution is 2.34. The maximum absolute atomic E-state index is 14.0. The number of likely N-dealkylation sites (N-methyl/N-ethyl adjacent to an activating group) is 1. The molecule has 1 rings (SSSR count).